The Morgan fingerprint density at radius 1 is 0.974 bits per heavy atom. The lowest BCUT2D eigenvalue weighted by molar-refractivity contribution is -0.0264. The highest BCUT2D eigenvalue weighted by Crippen LogP contribution is 2.30. The Hall–Kier alpha value is -4.25. The van der Waals surface area contributed by atoms with E-state index in [-0.39, 0.29) is 30.6 Å². The van der Waals surface area contributed by atoms with Crippen LogP contribution in [-0.4, -0.2) is 64.4 Å². The van der Waals surface area contributed by atoms with Crippen LogP contribution in [0, 0.1) is 11.8 Å². The summed E-state index contributed by atoms with van der Waals surface area (Å²) in [7, 11) is 2.14. The van der Waals surface area contributed by atoms with Crippen molar-refractivity contribution in [2.75, 3.05) is 26.7 Å². The molecule has 2 amide bonds. The maximum absolute atomic E-state index is 12.6. The molecule has 3 heterocycles. The topological polar surface area (TPSA) is 78.5 Å². The number of H-pyrrole nitrogens is 1. The second kappa shape index (κ2) is 10.3. The van der Waals surface area contributed by atoms with Crippen molar-refractivity contribution in [1.82, 2.24) is 19.8 Å². The van der Waals surface area contributed by atoms with Crippen LogP contribution in [0.2, 0.25) is 0 Å². The molecule has 1 fully saturated rings. The largest absolute Gasteiger partial charge is 0.362 e. The van der Waals surface area contributed by atoms with Gasteiger partial charge in [0.15, 0.2) is 0 Å². The van der Waals surface area contributed by atoms with E-state index in [1.54, 1.807) is 24.3 Å². The SMILES string of the molecule is CN1CCC(OC(c2cccc(C#CCN3C(=O)c4ccccc4C3=O)c2)c2nc3ccccc3[nH]2)CC1. The van der Waals surface area contributed by atoms with Gasteiger partial charge < -0.3 is 14.6 Å². The number of carbonyl (C=O) groups is 2. The summed E-state index contributed by atoms with van der Waals surface area (Å²) in [5, 5.41) is 0. The second-order valence-corrected chi connectivity index (χ2v) is 9.83. The maximum Gasteiger partial charge on any atom is 0.262 e. The van der Waals surface area contributed by atoms with Crippen LogP contribution in [0.3, 0.4) is 0 Å². The van der Waals surface area contributed by atoms with Crippen molar-refractivity contribution in [2.45, 2.75) is 25.0 Å². The fraction of sp³-hybridized carbons (Fsp3) is 0.258. The molecule has 1 unspecified atom stereocenters. The number of likely N-dealkylation sites (tertiary alicyclic amines) is 1. The molecule has 1 saturated heterocycles. The van der Waals surface area contributed by atoms with Gasteiger partial charge in [-0.25, -0.2) is 4.98 Å². The van der Waals surface area contributed by atoms with Gasteiger partial charge in [0.25, 0.3) is 11.8 Å². The Kier molecular flexibility index (Phi) is 6.50. The predicted molar refractivity (Wildman–Crippen MR) is 145 cm³/mol. The number of fused-ring (bicyclic) bond motifs is 2. The summed E-state index contributed by atoms with van der Waals surface area (Å²) in [5.74, 6) is 6.31. The molecule has 4 aromatic rings. The van der Waals surface area contributed by atoms with Crippen molar-refractivity contribution >= 4 is 22.8 Å². The molecule has 7 heteroatoms. The molecule has 190 valence electrons. The van der Waals surface area contributed by atoms with Gasteiger partial charge >= 0.3 is 0 Å². The van der Waals surface area contributed by atoms with Crippen LogP contribution in [0.25, 0.3) is 11.0 Å². The Morgan fingerprint density at radius 3 is 2.42 bits per heavy atom. The molecule has 0 bridgehead atoms. The summed E-state index contributed by atoms with van der Waals surface area (Å²) in [6, 6.07) is 22.7. The fourth-order valence-electron chi connectivity index (χ4n) is 5.09. The van der Waals surface area contributed by atoms with E-state index in [0.29, 0.717) is 11.1 Å². The molecule has 0 radical (unpaired) electrons. The number of nitrogens with zero attached hydrogens (tertiary/aromatic N) is 3. The molecule has 6 rings (SSSR count). The van der Waals surface area contributed by atoms with Crippen LogP contribution in [0.15, 0.2) is 72.8 Å². The molecule has 0 spiro atoms. The first kappa shape index (κ1) is 24.1. The fourth-order valence-corrected chi connectivity index (χ4v) is 5.09. The molecular formula is C31H28N4O3. The number of aromatic nitrogens is 2. The molecule has 7 nitrogen and oxygen atoms in total. The van der Waals surface area contributed by atoms with E-state index in [9.17, 15) is 9.59 Å². The van der Waals surface area contributed by atoms with E-state index in [0.717, 1.165) is 53.9 Å². The zero-order chi connectivity index (χ0) is 26.1. The van der Waals surface area contributed by atoms with Crippen LogP contribution >= 0.6 is 0 Å². The van der Waals surface area contributed by atoms with Crippen molar-refractivity contribution in [3.05, 3.63) is 101 Å². The van der Waals surface area contributed by atoms with Crippen LogP contribution in [0.1, 0.15) is 56.6 Å². The number of carbonyl (C=O) groups excluding carboxylic acids is 2. The van der Waals surface area contributed by atoms with Gasteiger partial charge in [0, 0.05) is 18.7 Å². The van der Waals surface area contributed by atoms with Gasteiger partial charge in [0.1, 0.15) is 11.9 Å². The van der Waals surface area contributed by atoms with E-state index in [1.165, 1.54) is 4.90 Å². The minimum Gasteiger partial charge on any atom is -0.362 e. The van der Waals surface area contributed by atoms with Crippen molar-refractivity contribution in [1.29, 1.82) is 0 Å². The van der Waals surface area contributed by atoms with Crippen molar-refractivity contribution in [3.8, 4) is 11.8 Å². The molecule has 0 saturated carbocycles. The second-order valence-electron chi connectivity index (χ2n) is 9.83. The molecule has 0 aliphatic carbocycles. The highest BCUT2D eigenvalue weighted by molar-refractivity contribution is 6.21. The summed E-state index contributed by atoms with van der Waals surface area (Å²) in [6.07, 6.45) is 1.70. The van der Waals surface area contributed by atoms with Crippen LogP contribution < -0.4 is 0 Å². The van der Waals surface area contributed by atoms with Gasteiger partial charge in [-0.2, -0.15) is 0 Å². The van der Waals surface area contributed by atoms with Gasteiger partial charge in [-0.05, 0) is 61.9 Å². The van der Waals surface area contributed by atoms with Crippen molar-refractivity contribution < 1.29 is 14.3 Å². The predicted octanol–water partition coefficient (Wildman–Crippen LogP) is 4.41. The molecule has 38 heavy (non-hydrogen) atoms. The summed E-state index contributed by atoms with van der Waals surface area (Å²) in [6.45, 7) is 2.04. The molecule has 2 aliphatic rings. The Labute approximate surface area is 221 Å². The quantitative estimate of drug-likeness (QED) is 0.322. The van der Waals surface area contributed by atoms with Crippen molar-refractivity contribution in [3.63, 3.8) is 0 Å². The van der Waals surface area contributed by atoms with Crippen LogP contribution in [0.4, 0.5) is 0 Å². The summed E-state index contributed by atoms with van der Waals surface area (Å²) < 4.78 is 6.68. The number of amides is 2. The summed E-state index contributed by atoms with van der Waals surface area (Å²) in [4.78, 5) is 37.1. The number of imide groups is 1. The number of hydrogen-bond donors (Lipinski definition) is 1. The standard InChI is InChI=1S/C31H28N4O3/c1-34-18-15-23(16-19-34)38-28(29-32-26-13-4-5-14-27(26)33-29)22-10-6-8-21(20-22)9-7-17-35-30(36)24-11-2-3-12-25(24)31(35)37/h2-6,8,10-14,20,23,28H,15-19H2,1H3,(H,32,33). The number of piperidine rings is 1. The van der Waals surface area contributed by atoms with E-state index < -0.39 is 0 Å². The third-order valence-electron chi connectivity index (χ3n) is 7.19. The van der Waals surface area contributed by atoms with E-state index in [4.69, 9.17) is 9.72 Å². The smallest absolute Gasteiger partial charge is 0.262 e. The molecule has 2 aliphatic heterocycles. The number of aromatic amines is 1. The Balaban J connectivity index is 1.25. The number of imidazole rings is 1. The average molecular weight is 505 g/mol. The normalized spacial score (nSPS) is 16.9. The Bertz CT molecular complexity index is 1500. The highest BCUT2D eigenvalue weighted by atomic mass is 16.5. The zero-order valence-electron chi connectivity index (χ0n) is 21.2. The lowest BCUT2D eigenvalue weighted by Gasteiger charge is -2.31. The monoisotopic (exact) mass is 504 g/mol. The van der Waals surface area contributed by atoms with E-state index in [1.807, 2.05) is 48.5 Å². The highest BCUT2D eigenvalue weighted by Gasteiger charge is 2.34. The molecule has 1 N–H and O–H groups in total. The number of benzene rings is 3. The van der Waals surface area contributed by atoms with Crippen LogP contribution in [0.5, 0.6) is 0 Å². The first-order valence-electron chi connectivity index (χ1n) is 12.9. The number of ether oxygens (including phenoxy) is 1. The third kappa shape index (κ3) is 4.72. The molecular weight excluding hydrogens is 476 g/mol. The third-order valence-corrected chi connectivity index (χ3v) is 7.19. The van der Waals surface area contributed by atoms with Gasteiger partial charge in [-0.15, -0.1) is 0 Å². The van der Waals surface area contributed by atoms with Gasteiger partial charge in [0.05, 0.1) is 34.8 Å². The lowest BCUT2D eigenvalue weighted by Crippen LogP contribution is -2.35. The van der Waals surface area contributed by atoms with E-state index in [2.05, 4.69) is 28.8 Å². The number of nitrogens with one attached hydrogen (secondary N) is 1. The minimum atomic E-state index is -0.367. The summed E-state index contributed by atoms with van der Waals surface area (Å²) in [5.41, 5.74) is 4.47. The molecule has 1 aromatic heterocycles. The zero-order valence-corrected chi connectivity index (χ0v) is 21.2. The van der Waals surface area contributed by atoms with Gasteiger partial charge in [0.2, 0.25) is 0 Å². The minimum absolute atomic E-state index is 0.0374. The number of hydrogen-bond acceptors (Lipinski definition) is 5. The first-order valence-corrected chi connectivity index (χ1v) is 12.9. The molecule has 3 aromatic carbocycles. The van der Waals surface area contributed by atoms with E-state index >= 15 is 0 Å². The number of para-hydroxylation sites is 2. The van der Waals surface area contributed by atoms with Gasteiger partial charge in [-0.1, -0.05) is 48.2 Å². The Morgan fingerprint density at radius 2 is 1.68 bits per heavy atom. The first-order chi connectivity index (χ1) is 18.6. The molecule has 1 atom stereocenters. The summed E-state index contributed by atoms with van der Waals surface area (Å²) >= 11 is 0. The lowest BCUT2D eigenvalue weighted by atomic mass is 10.0. The van der Waals surface area contributed by atoms with Crippen LogP contribution in [-0.2, 0) is 4.74 Å². The number of rotatable bonds is 5. The maximum atomic E-state index is 12.6. The van der Waals surface area contributed by atoms with Crippen molar-refractivity contribution in [2.24, 2.45) is 0 Å². The average Bonchev–Trinajstić information content (AvgIpc) is 3.48. The van der Waals surface area contributed by atoms with Gasteiger partial charge in [-0.3, -0.25) is 14.5 Å².